The molecule has 15 heavy (non-hydrogen) atoms. The lowest BCUT2D eigenvalue weighted by molar-refractivity contribution is -0.139. The highest BCUT2D eigenvalue weighted by atomic mass is 16.3. The second-order valence-electron chi connectivity index (χ2n) is 4.68. The molecule has 1 aliphatic rings. The second-order valence-corrected chi connectivity index (χ2v) is 4.68. The lowest BCUT2D eigenvalue weighted by Crippen LogP contribution is -2.46. The number of carbonyl (C=O) groups excluding carboxylic acids is 1. The van der Waals surface area contributed by atoms with Crippen molar-refractivity contribution in [2.45, 2.75) is 26.7 Å². The van der Waals surface area contributed by atoms with Crippen molar-refractivity contribution < 1.29 is 9.90 Å². The van der Waals surface area contributed by atoms with Crippen LogP contribution < -0.4 is 0 Å². The lowest BCUT2D eigenvalue weighted by atomic mass is 9.91. The van der Waals surface area contributed by atoms with Crippen molar-refractivity contribution in [2.75, 3.05) is 19.7 Å². The van der Waals surface area contributed by atoms with Crippen molar-refractivity contribution in [1.29, 1.82) is 5.26 Å². The highest BCUT2D eigenvalue weighted by Crippen LogP contribution is 2.23. The van der Waals surface area contributed by atoms with Crippen molar-refractivity contribution in [3.63, 3.8) is 0 Å². The molecule has 1 N–H and O–H groups in total. The summed E-state index contributed by atoms with van der Waals surface area (Å²) < 4.78 is 0. The molecular weight excluding hydrogens is 192 g/mol. The summed E-state index contributed by atoms with van der Waals surface area (Å²) in [7, 11) is 0. The van der Waals surface area contributed by atoms with Crippen LogP contribution in [0.3, 0.4) is 0 Å². The predicted octanol–water partition coefficient (Wildman–Crippen LogP) is 0.767. The number of nitriles is 1. The first-order chi connectivity index (χ1) is 7.01. The van der Waals surface area contributed by atoms with Crippen LogP contribution in [0.25, 0.3) is 0 Å². The van der Waals surface area contributed by atoms with Crippen LogP contribution in [-0.2, 0) is 4.79 Å². The van der Waals surface area contributed by atoms with E-state index in [-0.39, 0.29) is 18.4 Å². The van der Waals surface area contributed by atoms with Gasteiger partial charge in [0.05, 0.1) is 6.07 Å². The average molecular weight is 210 g/mol. The maximum atomic E-state index is 11.9. The molecule has 0 aromatic rings. The van der Waals surface area contributed by atoms with Gasteiger partial charge >= 0.3 is 0 Å². The standard InChI is InChI=1S/C11H18N2O2/c1-11(2,8-12)10(15)13-5-3-4-9(6-13)7-14/h9,14H,3-7H2,1-2H3. The minimum Gasteiger partial charge on any atom is -0.396 e. The van der Waals surface area contributed by atoms with E-state index in [9.17, 15) is 4.79 Å². The monoisotopic (exact) mass is 210 g/mol. The SMILES string of the molecule is CC(C)(C#N)C(=O)N1CCCC(CO)C1. The third kappa shape index (κ3) is 2.69. The zero-order valence-corrected chi connectivity index (χ0v) is 9.36. The molecule has 84 valence electrons. The molecule has 4 nitrogen and oxygen atoms in total. The number of piperidine rings is 1. The van der Waals surface area contributed by atoms with Crippen LogP contribution in [0, 0.1) is 22.7 Å². The molecule has 0 bridgehead atoms. The maximum Gasteiger partial charge on any atom is 0.242 e. The maximum absolute atomic E-state index is 11.9. The topological polar surface area (TPSA) is 64.3 Å². The highest BCUT2D eigenvalue weighted by molar-refractivity contribution is 5.84. The van der Waals surface area contributed by atoms with Gasteiger partial charge in [-0.15, -0.1) is 0 Å². The molecule has 0 spiro atoms. The van der Waals surface area contributed by atoms with E-state index in [2.05, 4.69) is 0 Å². The van der Waals surface area contributed by atoms with Crippen molar-refractivity contribution in [3.05, 3.63) is 0 Å². The summed E-state index contributed by atoms with van der Waals surface area (Å²) >= 11 is 0. The van der Waals surface area contributed by atoms with E-state index in [1.165, 1.54) is 0 Å². The Morgan fingerprint density at radius 2 is 2.33 bits per heavy atom. The molecule has 1 saturated heterocycles. The Bertz CT molecular complexity index is 281. The third-order valence-corrected chi connectivity index (χ3v) is 2.88. The van der Waals surface area contributed by atoms with Crippen molar-refractivity contribution in [2.24, 2.45) is 11.3 Å². The van der Waals surface area contributed by atoms with Crippen LogP contribution in [0.5, 0.6) is 0 Å². The Hall–Kier alpha value is -1.08. The molecule has 1 heterocycles. The van der Waals surface area contributed by atoms with Gasteiger partial charge in [-0.1, -0.05) is 0 Å². The number of amides is 1. The first kappa shape index (κ1) is 12.0. The Morgan fingerprint density at radius 3 is 2.87 bits per heavy atom. The summed E-state index contributed by atoms with van der Waals surface area (Å²) in [5.41, 5.74) is -0.947. The number of aliphatic hydroxyl groups excluding tert-OH is 1. The van der Waals surface area contributed by atoms with Crippen LogP contribution in [0.1, 0.15) is 26.7 Å². The molecule has 1 fully saturated rings. The quantitative estimate of drug-likeness (QED) is 0.732. The highest BCUT2D eigenvalue weighted by Gasteiger charge is 2.34. The first-order valence-electron chi connectivity index (χ1n) is 5.32. The van der Waals surface area contributed by atoms with Gasteiger partial charge in [0.15, 0.2) is 0 Å². The number of hydrogen-bond donors (Lipinski definition) is 1. The van der Waals surface area contributed by atoms with Crippen molar-refractivity contribution in [1.82, 2.24) is 4.90 Å². The van der Waals surface area contributed by atoms with Crippen molar-refractivity contribution in [3.8, 4) is 6.07 Å². The fraction of sp³-hybridized carbons (Fsp3) is 0.818. The van der Waals surface area contributed by atoms with Gasteiger partial charge in [-0.05, 0) is 32.6 Å². The van der Waals surface area contributed by atoms with Gasteiger partial charge in [0.1, 0.15) is 5.41 Å². The van der Waals surface area contributed by atoms with Crippen LogP contribution in [0.4, 0.5) is 0 Å². The summed E-state index contributed by atoms with van der Waals surface area (Å²) in [5, 5.41) is 17.9. The summed E-state index contributed by atoms with van der Waals surface area (Å²) in [6.07, 6.45) is 1.88. The zero-order chi connectivity index (χ0) is 11.5. The fourth-order valence-corrected chi connectivity index (χ4v) is 1.84. The predicted molar refractivity (Wildman–Crippen MR) is 55.8 cm³/mol. The Kier molecular flexibility index (Phi) is 3.70. The lowest BCUT2D eigenvalue weighted by Gasteiger charge is -2.34. The molecule has 1 amide bonds. The molecule has 1 rings (SSSR count). The molecule has 1 aliphatic heterocycles. The van der Waals surface area contributed by atoms with Crippen LogP contribution in [-0.4, -0.2) is 35.6 Å². The largest absolute Gasteiger partial charge is 0.396 e. The van der Waals surface area contributed by atoms with E-state index in [1.54, 1.807) is 18.7 Å². The summed E-state index contributed by atoms with van der Waals surface area (Å²) in [6, 6.07) is 2.02. The van der Waals surface area contributed by atoms with E-state index in [1.807, 2.05) is 6.07 Å². The molecule has 1 unspecified atom stereocenters. The first-order valence-corrected chi connectivity index (χ1v) is 5.32. The summed E-state index contributed by atoms with van der Waals surface area (Å²) in [5.74, 6) is 0.0559. The number of aliphatic hydroxyl groups is 1. The molecule has 4 heteroatoms. The molecule has 1 atom stereocenters. The van der Waals surface area contributed by atoms with Crippen LogP contribution in [0.2, 0.25) is 0 Å². The molecule has 0 aromatic heterocycles. The number of nitrogens with zero attached hydrogens (tertiary/aromatic N) is 2. The van der Waals surface area contributed by atoms with E-state index >= 15 is 0 Å². The number of hydrogen-bond acceptors (Lipinski definition) is 3. The second kappa shape index (κ2) is 4.63. The Balaban J connectivity index is 2.65. The minimum absolute atomic E-state index is 0.122. The third-order valence-electron chi connectivity index (χ3n) is 2.88. The van der Waals surface area contributed by atoms with E-state index in [0.29, 0.717) is 13.1 Å². The number of likely N-dealkylation sites (tertiary alicyclic amines) is 1. The smallest absolute Gasteiger partial charge is 0.242 e. The number of rotatable bonds is 2. The van der Waals surface area contributed by atoms with Gasteiger partial charge in [-0.25, -0.2) is 0 Å². The van der Waals surface area contributed by atoms with E-state index in [4.69, 9.17) is 10.4 Å². The molecule has 0 radical (unpaired) electrons. The summed E-state index contributed by atoms with van der Waals surface area (Å²) in [4.78, 5) is 13.6. The zero-order valence-electron chi connectivity index (χ0n) is 9.36. The minimum atomic E-state index is -0.947. The van der Waals surface area contributed by atoms with Gasteiger partial charge in [-0.3, -0.25) is 4.79 Å². The fourth-order valence-electron chi connectivity index (χ4n) is 1.84. The molecule has 0 aromatic carbocycles. The van der Waals surface area contributed by atoms with Gasteiger partial charge in [0.2, 0.25) is 5.91 Å². The van der Waals surface area contributed by atoms with Gasteiger partial charge < -0.3 is 10.0 Å². The summed E-state index contributed by atoms with van der Waals surface area (Å²) in [6.45, 7) is 4.69. The van der Waals surface area contributed by atoms with Gasteiger partial charge in [-0.2, -0.15) is 5.26 Å². The van der Waals surface area contributed by atoms with Crippen LogP contribution in [0.15, 0.2) is 0 Å². The average Bonchev–Trinajstić information content (AvgIpc) is 2.28. The van der Waals surface area contributed by atoms with Crippen LogP contribution >= 0.6 is 0 Å². The van der Waals surface area contributed by atoms with Gasteiger partial charge in [0.25, 0.3) is 0 Å². The Labute approximate surface area is 90.5 Å². The normalized spacial score (nSPS) is 22.3. The molecule has 0 aliphatic carbocycles. The molecular formula is C11H18N2O2. The van der Waals surface area contributed by atoms with E-state index < -0.39 is 5.41 Å². The number of carbonyl (C=O) groups is 1. The Morgan fingerprint density at radius 1 is 1.67 bits per heavy atom. The molecule has 0 saturated carbocycles. The van der Waals surface area contributed by atoms with Gasteiger partial charge in [0, 0.05) is 19.7 Å². The van der Waals surface area contributed by atoms with E-state index in [0.717, 1.165) is 12.8 Å². The van der Waals surface area contributed by atoms with Crippen molar-refractivity contribution >= 4 is 5.91 Å².